The number of rotatable bonds is 5. The average Bonchev–Trinajstić information content (AvgIpc) is 2.15. The minimum absolute atomic E-state index is 0.0575. The van der Waals surface area contributed by atoms with E-state index in [4.69, 9.17) is 9.84 Å². The molecule has 0 spiro atoms. The summed E-state index contributed by atoms with van der Waals surface area (Å²) in [5.74, 6) is -1.51. The Kier molecular flexibility index (Phi) is 5.29. The van der Waals surface area contributed by atoms with E-state index in [0.29, 0.717) is 12.8 Å². The number of hydrogen-bond acceptors (Lipinski definition) is 3. The minimum Gasteiger partial charge on any atom is -0.478 e. The lowest BCUT2D eigenvalue weighted by atomic mass is 10.2. The van der Waals surface area contributed by atoms with Crippen LogP contribution in [0, 0.1) is 0 Å². The highest BCUT2D eigenvalue weighted by Gasteiger charge is 2.12. The average molecular weight is 198 g/mol. The normalized spacial score (nSPS) is 11.6. The zero-order valence-electron chi connectivity index (χ0n) is 8.37. The molecule has 0 rings (SSSR count). The first-order valence-corrected chi connectivity index (χ1v) is 4.30. The first-order chi connectivity index (χ1) is 6.52. The Balaban J connectivity index is 4.74. The van der Waals surface area contributed by atoms with Gasteiger partial charge in [0.1, 0.15) is 5.76 Å². The Morgan fingerprint density at radius 3 is 2.43 bits per heavy atom. The van der Waals surface area contributed by atoms with E-state index in [1.54, 1.807) is 0 Å². The number of hydrogen-bond donors (Lipinski definition) is 1. The molecule has 0 bridgehead atoms. The van der Waals surface area contributed by atoms with E-state index >= 15 is 0 Å². The van der Waals surface area contributed by atoms with E-state index in [-0.39, 0.29) is 11.3 Å². The monoisotopic (exact) mass is 198 g/mol. The fraction of sp³-hybridized carbons (Fsp3) is 0.400. The molecule has 0 radical (unpaired) electrons. The molecule has 0 aromatic rings. The zero-order valence-corrected chi connectivity index (χ0v) is 8.37. The van der Waals surface area contributed by atoms with E-state index in [1.165, 1.54) is 6.92 Å². The van der Waals surface area contributed by atoms with Crippen molar-refractivity contribution in [2.75, 3.05) is 0 Å². The van der Waals surface area contributed by atoms with Gasteiger partial charge in [-0.05, 0) is 13.3 Å². The lowest BCUT2D eigenvalue weighted by Crippen LogP contribution is -2.07. The third-order valence-corrected chi connectivity index (χ3v) is 1.61. The predicted octanol–water partition coefficient (Wildman–Crippen LogP) is 1.87. The van der Waals surface area contributed by atoms with Gasteiger partial charge in [-0.25, -0.2) is 9.59 Å². The summed E-state index contributed by atoms with van der Waals surface area (Å²) in [6.45, 7) is 6.51. The molecular weight excluding hydrogens is 184 g/mol. The van der Waals surface area contributed by atoms with Crippen LogP contribution in [0.15, 0.2) is 24.0 Å². The standard InChI is InChI=1S/C10H14O4/c1-4-6-8(7(3)10(12)13)14-9(11)5-2/h5H,2,4,6H2,1,3H3,(H,12,13). The highest BCUT2D eigenvalue weighted by atomic mass is 16.5. The third-order valence-electron chi connectivity index (χ3n) is 1.61. The highest BCUT2D eigenvalue weighted by molar-refractivity contribution is 5.88. The number of aliphatic carboxylic acids is 1. The van der Waals surface area contributed by atoms with Gasteiger partial charge in [0, 0.05) is 12.5 Å². The maximum atomic E-state index is 10.9. The van der Waals surface area contributed by atoms with Crippen LogP contribution in [0.2, 0.25) is 0 Å². The molecule has 14 heavy (non-hydrogen) atoms. The van der Waals surface area contributed by atoms with Crippen LogP contribution in [0.25, 0.3) is 0 Å². The van der Waals surface area contributed by atoms with Crippen molar-refractivity contribution in [2.45, 2.75) is 26.7 Å². The van der Waals surface area contributed by atoms with Crippen molar-refractivity contribution in [1.82, 2.24) is 0 Å². The van der Waals surface area contributed by atoms with E-state index in [2.05, 4.69) is 6.58 Å². The van der Waals surface area contributed by atoms with Gasteiger partial charge >= 0.3 is 11.9 Å². The molecule has 0 saturated carbocycles. The SMILES string of the molecule is C=CC(=O)OC(CCC)=C(C)C(=O)O. The molecule has 78 valence electrons. The van der Waals surface area contributed by atoms with Crippen LogP contribution < -0.4 is 0 Å². The van der Waals surface area contributed by atoms with Crippen molar-refractivity contribution in [2.24, 2.45) is 0 Å². The number of carbonyl (C=O) groups excluding carboxylic acids is 1. The summed E-state index contributed by atoms with van der Waals surface area (Å²) in [5.41, 5.74) is 0.0575. The van der Waals surface area contributed by atoms with Gasteiger partial charge in [0.15, 0.2) is 0 Å². The zero-order chi connectivity index (χ0) is 11.1. The maximum Gasteiger partial charge on any atom is 0.335 e. The fourth-order valence-corrected chi connectivity index (χ4v) is 0.824. The molecule has 0 saturated heterocycles. The molecule has 0 aromatic heterocycles. The molecule has 0 aliphatic carbocycles. The molecule has 0 aliphatic heterocycles. The van der Waals surface area contributed by atoms with E-state index in [1.807, 2.05) is 6.92 Å². The molecule has 4 heteroatoms. The van der Waals surface area contributed by atoms with Gasteiger partial charge in [0.05, 0.1) is 5.57 Å². The number of carbonyl (C=O) groups is 2. The molecule has 0 fully saturated rings. The maximum absolute atomic E-state index is 10.9. The molecule has 1 N–H and O–H groups in total. The molecular formula is C10H14O4. The Labute approximate surface area is 82.9 Å². The van der Waals surface area contributed by atoms with Crippen molar-refractivity contribution >= 4 is 11.9 Å². The van der Waals surface area contributed by atoms with Crippen molar-refractivity contribution in [3.05, 3.63) is 24.0 Å². The number of ether oxygens (including phenoxy) is 1. The smallest absolute Gasteiger partial charge is 0.335 e. The predicted molar refractivity (Wildman–Crippen MR) is 51.5 cm³/mol. The number of carboxylic acids is 1. The largest absolute Gasteiger partial charge is 0.478 e. The summed E-state index contributed by atoms with van der Waals surface area (Å²) in [6, 6.07) is 0. The van der Waals surface area contributed by atoms with Crippen molar-refractivity contribution in [1.29, 1.82) is 0 Å². The molecule has 0 aromatic carbocycles. The van der Waals surface area contributed by atoms with Crippen LogP contribution in [-0.4, -0.2) is 17.0 Å². The van der Waals surface area contributed by atoms with Gasteiger partial charge in [-0.1, -0.05) is 13.5 Å². The summed E-state index contributed by atoms with van der Waals surface area (Å²) in [7, 11) is 0. The minimum atomic E-state index is -1.08. The highest BCUT2D eigenvalue weighted by Crippen LogP contribution is 2.13. The number of carboxylic acid groups (broad SMARTS) is 1. The van der Waals surface area contributed by atoms with Crippen LogP contribution in [0.1, 0.15) is 26.7 Å². The second kappa shape index (κ2) is 5.96. The second-order valence-corrected chi connectivity index (χ2v) is 2.73. The van der Waals surface area contributed by atoms with Crippen LogP contribution in [-0.2, 0) is 14.3 Å². The van der Waals surface area contributed by atoms with Crippen molar-refractivity contribution in [3.8, 4) is 0 Å². The fourth-order valence-electron chi connectivity index (χ4n) is 0.824. The second-order valence-electron chi connectivity index (χ2n) is 2.73. The van der Waals surface area contributed by atoms with E-state index in [0.717, 1.165) is 6.08 Å². The van der Waals surface area contributed by atoms with Crippen molar-refractivity contribution < 1.29 is 19.4 Å². The van der Waals surface area contributed by atoms with Crippen LogP contribution in [0.3, 0.4) is 0 Å². The Bertz CT molecular complexity index is 276. The quantitative estimate of drug-likeness (QED) is 0.416. The van der Waals surface area contributed by atoms with E-state index < -0.39 is 11.9 Å². The summed E-state index contributed by atoms with van der Waals surface area (Å²) in [5, 5.41) is 8.69. The van der Waals surface area contributed by atoms with Gasteiger partial charge in [-0.3, -0.25) is 0 Å². The molecule has 0 heterocycles. The summed E-state index contributed by atoms with van der Waals surface area (Å²) >= 11 is 0. The molecule has 0 aliphatic rings. The Hall–Kier alpha value is -1.58. The Morgan fingerprint density at radius 1 is 1.50 bits per heavy atom. The van der Waals surface area contributed by atoms with Crippen molar-refractivity contribution in [3.63, 3.8) is 0 Å². The van der Waals surface area contributed by atoms with Crippen LogP contribution in [0.5, 0.6) is 0 Å². The molecule has 0 atom stereocenters. The van der Waals surface area contributed by atoms with E-state index in [9.17, 15) is 9.59 Å². The molecule has 0 amide bonds. The van der Waals surface area contributed by atoms with Gasteiger partial charge < -0.3 is 9.84 Å². The van der Waals surface area contributed by atoms with Gasteiger partial charge in [-0.15, -0.1) is 0 Å². The molecule has 4 nitrogen and oxygen atoms in total. The lowest BCUT2D eigenvalue weighted by molar-refractivity contribution is -0.135. The first-order valence-electron chi connectivity index (χ1n) is 4.30. The lowest BCUT2D eigenvalue weighted by Gasteiger charge is -2.07. The van der Waals surface area contributed by atoms with Crippen LogP contribution in [0.4, 0.5) is 0 Å². The van der Waals surface area contributed by atoms with Gasteiger partial charge in [-0.2, -0.15) is 0 Å². The topological polar surface area (TPSA) is 63.6 Å². The summed E-state index contributed by atoms with van der Waals surface area (Å²) in [6.07, 6.45) is 2.15. The summed E-state index contributed by atoms with van der Waals surface area (Å²) < 4.78 is 4.80. The van der Waals surface area contributed by atoms with Gasteiger partial charge in [0.2, 0.25) is 0 Å². The summed E-state index contributed by atoms with van der Waals surface area (Å²) in [4.78, 5) is 21.5. The Morgan fingerprint density at radius 2 is 2.07 bits per heavy atom. The number of esters is 1. The molecule has 0 unspecified atom stereocenters. The third kappa shape index (κ3) is 3.89. The van der Waals surface area contributed by atoms with Crippen LogP contribution >= 0.6 is 0 Å². The number of allylic oxidation sites excluding steroid dienone is 1. The van der Waals surface area contributed by atoms with Gasteiger partial charge in [0.25, 0.3) is 0 Å². The first kappa shape index (κ1) is 12.4.